The predicted octanol–water partition coefficient (Wildman–Crippen LogP) is 4.90. The van der Waals surface area contributed by atoms with Gasteiger partial charge >= 0.3 is 0 Å². The molecule has 0 spiro atoms. The molecule has 0 atom stereocenters. The molecule has 4 nitrogen and oxygen atoms in total. The highest BCUT2D eigenvalue weighted by molar-refractivity contribution is 9.10. The van der Waals surface area contributed by atoms with Crippen molar-refractivity contribution in [3.8, 4) is 5.75 Å². The summed E-state index contributed by atoms with van der Waals surface area (Å²) in [5.41, 5.74) is 4.97. The van der Waals surface area contributed by atoms with E-state index in [2.05, 4.69) is 26.5 Å². The minimum Gasteiger partial charge on any atom is -0.482 e. The van der Waals surface area contributed by atoms with Gasteiger partial charge < -0.3 is 4.74 Å². The number of benzene rings is 2. The summed E-state index contributed by atoms with van der Waals surface area (Å²) in [6.07, 6.45) is 1.40. The van der Waals surface area contributed by atoms with Crippen LogP contribution in [0.25, 0.3) is 0 Å². The van der Waals surface area contributed by atoms with Gasteiger partial charge in [-0.3, -0.25) is 4.79 Å². The quantitative estimate of drug-likeness (QED) is 0.542. The van der Waals surface area contributed by atoms with Crippen molar-refractivity contribution in [3.05, 3.63) is 61.5 Å². The number of hydrazone groups is 1. The van der Waals surface area contributed by atoms with Crippen molar-refractivity contribution >= 4 is 51.3 Å². The summed E-state index contributed by atoms with van der Waals surface area (Å²) < 4.78 is 6.35. The first-order valence-corrected chi connectivity index (χ1v) is 8.59. The molecule has 1 N–H and O–H groups in total. The minimum atomic E-state index is -0.388. The van der Waals surface area contributed by atoms with Crippen molar-refractivity contribution in [3.63, 3.8) is 0 Å². The maximum atomic E-state index is 11.8. The van der Waals surface area contributed by atoms with Crippen LogP contribution in [0.3, 0.4) is 0 Å². The summed E-state index contributed by atoms with van der Waals surface area (Å²) in [5, 5.41) is 4.76. The number of hydrogen-bond acceptors (Lipinski definition) is 3. The number of nitrogens with one attached hydrogen (secondary N) is 1. The van der Waals surface area contributed by atoms with Crippen LogP contribution in [-0.2, 0) is 4.79 Å². The molecule has 7 heteroatoms. The second-order valence-electron chi connectivity index (χ2n) is 5.11. The van der Waals surface area contributed by atoms with E-state index in [0.717, 1.165) is 15.6 Å². The van der Waals surface area contributed by atoms with E-state index in [-0.39, 0.29) is 12.5 Å². The average Bonchev–Trinajstić information content (AvgIpc) is 2.49. The molecule has 0 unspecified atom stereocenters. The van der Waals surface area contributed by atoms with Gasteiger partial charge in [-0.15, -0.1) is 0 Å². The molecule has 0 aromatic heterocycles. The highest BCUT2D eigenvalue weighted by Gasteiger charge is 2.09. The summed E-state index contributed by atoms with van der Waals surface area (Å²) in [6, 6.07) is 9.03. The monoisotopic (exact) mass is 428 g/mol. The molecular weight excluding hydrogens is 415 g/mol. The molecule has 1 amide bonds. The Hall–Kier alpha value is -1.56. The van der Waals surface area contributed by atoms with E-state index in [9.17, 15) is 4.79 Å². The van der Waals surface area contributed by atoms with Crippen molar-refractivity contribution in [2.45, 2.75) is 13.8 Å². The summed E-state index contributed by atoms with van der Waals surface area (Å²) in [4.78, 5) is 11.8. The number of aryl methyl sites for hydroxylation is 2. The summed E-state index contributed by atoms with van der Waals surface area (Å²) in [5.74, 6) is 0.246. The normalized spacial score (nSPS) is 10.9. The Bertz CT molecular complexity index is 751. The van der Waals surface area contributed by atoms with Gasteiger partial charge in [0.2, 0.25) is 0 Å². The van der Waals surface area contributed by atoms with Crippen LogP contribution in [0, 0.1) is 13.8 Å². The van der Waals surface area contributed by atoms with Crippen LogP contribution in [-0.4, -0.2) is 18.7 Å². The standard InChI is InChI=1S/C17H15BrCl2N2O2/c1-10-6-11(2)17(13(18)7-10)24-9-16(23)22-21-8-12-14(19)4-3-5-15(12)20/h3-8H,9H2,1-2H3,(H,22,23)/b21-8-. The van der Waals surface area contributed by atoms with E-state index in [1.165, 1.54) is 6.21 Å². The van der Waals surface area contributed by atoms with Gasteiger partial charge in [0.05, 0.1) is 20.7 Å². The van der Waals surface area contributed by atoms with E-state index in [1.54, 1.807) is 18.2 Å². The van der Waals surface area contributed by atoms with Crippen LogP contribution >= 0.6 is 39.1 Å². The molecule has 0 saturated heterocycles. The molecule has 0 bridgehead atoms. The molecule has 2 aromatic rings. The van der Waals surface area contributed by atoms with Crippen LogP contribution in [0.5, 0.6) is 5.75 Å². The van der Waals surface area contributed by atoms with E-state index in [4.69, 9.17) is 27.9 Å². The zero-order valence-electron chi connectivity index (χ0n) is 13.1. The third-order valence-electron chi connectivity index (χ3n) is 3.10. The van der Waals surface area contributed by atoms with Gasteiger partial charge in [-0.25, -0.2) is 5.43 Å². The molecule has 0 fully saturated rings. The number of halogens is 3. The summed E-state index contributed by atoms with van der Waals surface area (Å²) in [6.45, 7) is 3.75. The van der Waals surface area contributed by atoms with Crippen molar-refractivity contribution < 1.29 is 9.53 Å². The van der Waals surface area contributed by atoms with E-state index in [0.29, 0.717) is 21.4 Å². The van der Waals surface area contributed by atoms with Gasteiger partial charge in [-0.05, 0) is 59.1 Å². The number of nitrogens with zero attached hydrogens (tertiary/aromatic N) is 1. The minimum absolute atomic E-state index is 0.157. The van der Waals surface area contributed by atoms with Crippen LogP contribution < -0.4 is 10.2 Å². The fraction of sp³-hybridized carbons (Fsp3) is 0.176. The maximum Gasteiger partial charge on any atom is 0.277 e. The highest BCUT2D eigenvalue weighted by Crippen LogP contribution is 2.30. The SMILES string of the molecule is Cc1cc(C)c(OCC(=O)N/N=C\c2c(Cl)cccc2Cl)c(Br)c1. The smallest absolute Gasteiger partial charge is 0.277 e. The van der Waals surface area contributed by atoms with Crippen molar-refractivity contribution in [1.29, 1.82) is 0 Å². The largest absolute Gasteiger partial charge is 0.482 e. The number of rotatable bonds is 5. The van der Waals surface area contributed by atoms with Gasteiger partial charge in [0.15, 0.2) is 6.61 Å². The second kappa shape index (κ2) is 8.51. The lowest BCUT2D eigenvalue weighted by Crippen LogP contribution is -2.25. The van der Waals surface area contributed by atoms with Crippen LogP contribution in [0.1, 0.15) is 16.7 Å². The van der Waals surface area contributed by atoms with Crippen molar-refractivity contribution in [1.82, 2.24) is 5.43 Å². The Balaban J connectivity index is 1.94. The highest BCUT2D eigenvalue weighted by atomic mass is 79.9. The Morgan fingerprint density at radius 3 is 2.58 bits per heavy atom. The molecule has 0 saturated carbocycles. The van der Waals surface area contributed by atoms with E-state index >= 15 is 0 Å². The third-order valence-corrected chi connectivity index (χ3v) is 4.35. The lowest BCUT2D eigenvalue weighted by Gasteiger charge is -2.11. The molecule has 2 rings (SSSR count). The molecule has 0 aliphatic rings. The van der Waals surface area contributed by atoms with Crippen molar-refractivity contribution in [2.24, 2.45) is 5.10 Å². The second-order valence-corrected chi connectivity index (χ2v) is 6.78. The van der Waals surface area contributed by atoms with Gasteiger partial charge in [-0.1, -0.05) is 35.3 Å². The van der Waals surface area contributed by atoms with Gasteiger partial charge in [-0.2, -0.15) is 5.10 Å². The Kier molecular flexibility index (Phi) is 6.66. The summed E-state index contributed by atoms with van der Waals surface area (Å²) in [7, 11) is 0. The van der Waals surface area contributed by atoms with Gasteiger partial charge in [0.25, 0.3) is 5.91 Å². The van der Waals surface area contributed by atoms with Crippen molar-refractivity contribution in [2.75, 3.05) is 6.61 Å². The van der Waals surface area contributed by atoms with Gasteiger partial charge in [0, 0.05) is 5.56 Å². The van der Waals surface area contributed by atoms with E-state index in [1.807, 2.05) is 26.0 Å². The first-order valence-electron chi connectivity index (χ1n) is 7.04. The molecule has 0 radical (unpaired) electrons. The average molecular weight is 430 g/mol. The first kappa shape index (κ1) is 18.8. The topological polar surface area (TPSA) is 50.7 Å². The molecule has 24 heavy (non-hydrogen) atoms. The number of amides is 1. The fourth-order valence-corrected chi connectivity index (χ4v) is 3.34. The zero-order chi connectivity index (χ0) is 17.7. The molecular formula is C17H15BrCl2N2O2. The Morgan fingerprint density at radius 1 is 1.29 bits per heavy atom. The molecule has 0 aliphatic carbocycles. The lowest BCUT2D eigenvalue weighted by molar-refractivity contribution is -0.123. The fourth-order valence-electron chi connectivity index (χ4n) is 2.06. The number of hydrogen-bond donors (Lipinski definition) is 1. The Morgan fingerprint density at radius 2 is 1.96 bits per heavy atom. The predicted molar refractivity (Wildman–Crippen MR) is 101 cm³/mol. The third kappa shape index (κ3) is 4.97. The number of carbonyl (C=O) groups is 1. The lowest BCUT2D eigenvalue weighted by atomic mass is 10.1. The number of ether oxygens (including phenoxy) is 1. The van der Waals surface area contributed by atoms with Crippen LogP contribution in [0.2, 0.25) is 10.0 Å². The Labute approximate surface area is 158 Å². The summed E-state index contributed by atoms with van der Waals surface area (Å²) >= 11 is 15.5. The molecule has 2 aromatic carbocycles. The van der Waals surface area contributed by atoms with Gasteiger partial charge in [0.1, 0.15) is 5.75 Å². The molecule has 126 valence electrons. The number of carbonyl (C=O) groups excluding carboxylic acids is 1. The first-order chi connectivity index (χ1) is 11.4. The van der Waals surface area contributed by atoms with E-state index < -0.39 is 0 Å². The molecule has 0 heterocycles. The zero-order valence-corrected chi connectivity index (χ0v) is 16.2. The van der Waals surface area contributed by atoms with Crippen LogP contribution in [0.15, 0.2) is 39.9 Å². The molecule has 0 aliphatic heterocycles. The maximum absolute atomic E-state index is 11.8. The van der Waals surface area contributed by atoms with Crippen LogP contribution in [0.4, 0.5) is 0 Å².